The van der Waals surface area contributed by atoms with E-state index in [1.165, 1.54) is 18.4 Å². The number of hydrogen-bond donors (Lipinski definition) is 1. The molecular formula is C25H37F3O2. The van der Waals surface area contributed by atoms with Crippen molar-refractivity contribution in [2.24, 2.45) is 40.4 Å². The fraction of sp³-hybridized carbons (Fsp3) is 0.880. The van der Waals surface area contributed by atoms with Gasteiger partial charge in [0.2, 0.25) is 5.78 Å². The average Bonchev–Trinajstić information content (AvgIpc) is 3.03. The Bertz CT molecular complexity index is 714. The van der Waals surface area contributed by atoms with E-state index in [1.54, 1.807) is 0 Å². The Morgan fingerprint density at radius 3 is 2.60 bits per heavy atom. The van der Waals surface area contributed by atoms with E-state index < -0.39 is 12.0 Å². The van der Waals surface area contributed by atoms with Gasteiger partial charge in [0.15, 0.2) is 0 Å². The molecule has 8 atom stereocenters. The highest BCUT2D eigenvalue weighted by Gasteiger charge is 2.59. The Morgan fingerprint density at radius 2 is 1.90 bits per heavy atom. The molecule has 3 fully saturated rings. The summed E-state index contributed by atoms with van der Waals surface area (Å²) >= 11 is 0. The number of carbonyl (C=O) groups excluding carboxylic acids is 1. The maximum Gasteiger partial charge on any atom is 0.449 e. The molecule has 30 heavy (non-hydrogen) atoms. The van der Waals surface area contributed by atoms with E-state index in [1.807, 2.05) is 0 Å². The topological polar surface area (TPSA) is 37.3 Å². The summed E-state index contributed by atoms with van der Waals surface area (Å²) in [5, 5.41) is 10.2. The van der Waals surface area contributed by atoms with Crippen molar-refractivity contribution >= 4 is 5.78 Å². The van der Waals surface area contributed by atoms with Crippen molar-refractivity contribution in [1.29, 1.82) is 0 Å². The second-order valence-electron chi connectivity index (χ2n) is 11.3. The molecular weight excluding hydrogens is 389 g/mol. The van der Waals surface area contributed by atoms with E-state index in [0.29, 0.717) is 30.1 Å². The monoisotopic (exact) mass is 426 g/mol. The molecule has 0 aromatic rings. The summed E-state index contributed by atoms with van der Waals surface area (Å²) < 4.78 is 37.9. The molecule has 0 amide bonds. The van der Waals surface area contributed by atoms with Crippen molar-refractivity contribution in [2.45, 2.75) is 97.3 Å². The van der Waals surface area contributed by atoms with Crippen LogP contribution in [0.4, 0.5) is 13.2 Å². The minimum atomic E-state index is -4.70. The van der Waals surface area contributed by atoms with Gasteiger partial charge in [-0.2, -0.15) is 13.2 Å². The number of fused-ring (bicyclic) bond motifs is 5. The summed E-state index contributed by atoms with van der Waals surface area (Å²) in [4.78, 5) is 11.4. The largest absolute Gasteiger partial charge is 0.449 e. The van der Waals surface area contributed by atoms with E-state index in [-0.39, 0.29) is 29.3 Å². The summed E-state index contributed by atoms with van der Waals surface area (Å²) in [5.41, 5.74) is 1.86. The molecule has 7 unspecified atom stereocenters. The zero-order chi connectivity index (χ0) is 21.9. The summed E-state index contributed by atoms with van der Waals surface area (Å²) in [7, 11) is 0. The van der Waals surface area contributed by atoms with Crippen LogP contribution in [0.15, 0.2) is 11.6 Å². The van der Waals surface area contributed by atoms with Gasteiger partial charge in [-0.3, -0.25) is 4.79 Å². The number of allylic oxidation sites excluding steroid dienone is 1. The van der Waals surface area contributed by atoms with Crippen LogP contribution in [0.3, 0.4) is 0 Å². The molecule has 0 saturated heterocycles. The Kier molecular flexibility index (Phi) is 5.69. The Hall–Kier alpha value is -0.840. The van der Waals surface area contributed by atoms with E-state index in [9.17, 15) is 23.1 Å². The molecule has 4 rings (SSSR count). The lowest BCUT2D eigenvalue weighted by Crippen LogP contribution is -2.50. The van der Waals surface area contributed by atoms with Crippen LogP contribution in [0.5, 0.6) is 0 Å². The fourth-order valence-electron chi connectivity index (χ4n) is 8.32. The maximum absolute atomic E-state index is 12.6. The van der Waals surface area contributed by atoms with Gasteiger partial charge in [0.05, 0.1) is 6.10 Å². The average molecular weight is 427 g/mol. The van der Waals surface area contributed by atoms with Crippen molar-refractivity contribution in [1.82, 2.24) is 0 Å². The lowest BCUT2D eigenvalue weighted by Gasteiger charge is -2.58. The van der Waals surface area contributed by atoms with Crippen molar-refractivity contribution in [3.8, 4) is 0 Å². The first-order valence-corrected chi connectivity index (χ1v) is 11.9. The van der Waals surface area contributed by atoms with Crippen LogP contribution in [-0.4, -0.2) is 23.2 Å². The number of alkyl halides is 3. The molecule has 5 heteroatoms. The normalized spacial score (nSPS) is 44.5. The van der Waals surface area contributed by atoms with Crippen LogP contribution in [0, 0.1) is 40.4 Å². The third-order valence-corrected chi connectivity index (χ3v) is 9.98. The van der Waals surface area contributed by atoms with Gasteiger partial charge in [0.25, 0.3) is 0 Å². The molecule has 0 aromatic heterocycles. The molecule has 4 aliphatic rings. The molecule has 3 saturated carbocycles. The predicted molar refractivity (Wildman–Crippen MR) is 111 cm³/mol. The van der Waals surface area contributed by atoms with E-state index in [0.717, 1.165) is 38.5 Å². The Morgan fingerprint density at radius 1 is 1.17 bits per heavy atom. The zero-order valence-electron chi connectivity index (χ0n) is 18.6. The summed E-state index contributed by atoms with van der Waals surface area (Å²) in [6.45, 7) is 6.87. The molecule has 0 bridgehead atoms. The van der Waals surface area contributed by atoms with E-state index >= 15 is 0 Å². The number of Topliss-reactive ketones (excluding diaryl/α,β-unsaturated/α-hetero) is 1. The molecule has 4 aliphatic carbocycles. The van der Waals surface area contributed by atoms with Gasteiger partial charge in [-0.15, -0.1) is 0 Å². The van der Waals surface area contributed by atoms with E-state index in [4.69, 9.17) is 0 Å². The summed E-state index contributed by atoms with van der Waals surface area (Å²) in [6.07, 6.45) is 5.98. The first-order chi connectivity index (χ1) is 14.0. The van der Waals surface area contributed by atoms with Crippen molar-refractivity contribution in [3.63, 3.8) is 0 Å². The van der Waals surface area contributed by atoms with E-state index in [2.05, 4.69) is 26.8 Å². The first-order valence-electron chi connectivity index (χ1n) is 11.9. The molecule has 0 aromatic carbocycles. The van der Waals surface area contributed by atoms with Gasteiger partial charge in [-0.05, 0) is 98.2 Å². The highest BCUT2D eigenvalue weighted by molar-refractivity contribution is 5.83. The Balaban J connectivity index is 1.48. The number of carbonyl (C=O) groups is 1. The number of rotatable bonds is 4. The standard InChI is InChI=1S/C25H37F3O2/c1-15(4-9-22(30)25(26,27)28)19-7-8-20-18-6-5-16-14-17(29)10-12-23(16,2)21(18)11-13-24(19,20)3/h5,15,17-21,29H,4,6-14H2,1-3H3/t15-,17?,18?,19?,20?,21?,23?,24?/m1/s1. The van der Waals surface area contributed by atoms with Gasteiger partial charge in [0.1, 0.15) is 0 Å². The van der Waals surface area contributed by atoms with Crippen molar-refractivity contribution < 1.29 is 23.1 Å². The van der Waals surface area contributed by atoms with Crippen LogP contribution in [0.1, 0.15) is 85.0 Å². The molecule has 170 valence electrons. The number of hydrogen-bond acceptors (Lipinski definition) is 2. The third-order valence-electron chi connectivity index (χ3n) is 9.98. The van der Waals surface area contributed by atoms with Crippen LogP contribution in [0.25, 0.3) is 0 Å². The Labute approximate surface area is 178 Å². The van der Waals surface area contributed by atoms with Gasteiger partial charge in [0, 0.05) is 6.42 Å². The molecule has 0 heterocycles. The summed E-state index contributed by atoms with van der Waals surface area (Å²) in [6, 6.07) is 0. The van der Waals surface area contributed by atoms with Crippen LogP contribution >= 0.6 is 0 Å². The van der Waals surface area contributed by atoms with Gasteiger partial charge < -0.3 is 5.11 Å². The number of halogens is 3. The SMILES string of the molecule is C[C@H](CCC(=O)C(F)(F)F)C1CCC2C3CC=C4CC(O)CCC4(C)C3CCC21C. The minimum Gasteiger partial charge on any atom is -0.393 e. The highest BCUT2D eigenvalue weighted by Crippen LogP contribution is 2.67. The molecule has 0 radical (unpaired) electrons. The van der Waals surface area contributed by atoms with Gasteiger partial charge in [-0.1, -0.05) is 32.4 Å². The van der Waals surface area contributed by atoms with Gasteiger partial charge in [-0.25, -0.2) is 0 Å². The highest BCUT2D eigenvalue weighted by atomic mass is 19.4. The predicted octanol–water partition coefficient (Wildman–Crippen LogP) is 6.47. The number of ketones is 1. The van der Waals surface area contributed by atoms with Gasteiger partial charge >= 0.3 is 6.18 Å². The first kappa shape index (κ1) is 22.4. The van der Waals surface area contributed by atoms with Crippen molar-refractivity contribution in [2.75, 3.05) is 0 Å². The zero-order valence-corrected chi connectivity index (χ0v) is 18.6. The molecule has 0 spiro atoms. The molecule has 0 aliphatic heterocycles. The maximum atomic E-state index is 12.6. The minimum absolute atomic E-state index is 0.151. The molecule has 2 nitrogen and oxygen atoms in total. The quantitative estimate of drug-likeness (QED) is 0.523. The van der Waals surface area contributed by atoms with Crippen LogP contribution < -0.4 is 0 Å². The second kappa shape index (κ2) is 7.64. The lowest BCUT2D eigenvalue weighted by molar-refractivity contribution is -0.171. The van der Waals surface area contributed by atoms with Crippen molar-refractivity contribution in [3.05, 3.63) is 11.6 Å². The second-order valence-corrected chi connectivity index (χ2v) is 11.3. The summed E-state index contributed by atoms with van der Waals surface area (Å²) in [5.74, 6) is 0.943. The fourth-order valence-corrected chi connectivity index (χ4v) is 8.32. The lowest BCUT2D eigenvalue weighted by atomic mass is 9.47. The number of aliphatic hydroxyl groups excluding tert-OH is 1. The molecule has 1 N–H and O–H groups in total. The smallest absolute Gasteiger partial charge is 0.393 e. The number of aliphatic hydroxyl groups is 1. The third kappa shape index (κ3) is 3.57. The van der Waals surface area contributed by atoms with Crippen LogP contribution in [-0.2, 0) is 4.79 Å². The van der Waals surface area contributed by atoms with Crippen LogP contribution in [0.2, 0.25) is 0 Å².